The molecule has 2 rings (SSSR count). The van der Waals surface area contributed by atoms with Gasteiger partial charge in [-0.1, -0.05) is 23.2 Å². The third kappa shape index (κ3) is 3.23. The number of carbonyl (C=O) groups excluding carboxylic acids is 1. The van der Waals surface area contributed by atoms with Gasteiger partial charge in [0.05, 0.1) is 23.0 Å². The fourth-order valence-corrected chi connectivity index (χ4v) is 1.76. The van der Waals surface area contributed by atoms with E-state index in [2.05, 4.69) is 15.3 Å². The lowest BCUT2D eigenvalue weighted by Gasteiger charge is -2.06. The maximum absolute atomic E-state index is 11.9. The van der Waals surface area contributed by atoms with Gasteiger partial charge < -0.3 is 10.4 Å². The molecule has 1 aromatic heterocycles. The lowest BCUT2D eigenvalue weighted by Crippen LogP contribution is -2.14. The van der Waals surface area contributed by atoms with Gasteiger partial charge in [0.15, 0.2) is 0 Å². The van der Waals surface area contributed by atoms with Crippen molar-refractivity contribution in [3.8, 4) is 0 Å². The van der Waals surface area contributed by atoms with Crippen molar-refractivity contribution in [2.45, 2.75) is 0 Å². The molecule has 1 aromatic carbocycles. The highest BCUT2D eigenvalue weighted by atomic mass is 35.5. The molecule has 20 heavy (non-hydrogen) atoms. The first-order valence-electron chi connectivity index (χ1n) is 5.29. The van der Waals surface area contributed by atoms with Crippen LogP contribution < -0.4 is 5.32 Å². The number of halogens is 2. The van der Waals surface area contributed by atoms with Crippen molar-refractivity contribution in [2.75, 3.05) is 5.32 Å². The largest absolute Gasteiger partial charge is 0.478 e. The zero-order valence-electron chi connectivity index (χ0n) is 9.80. The highest BCUT2D eigenvalue weighted by Gasteiger charge is 2.13. The Hall–Kier alpha value is -2.18. The van der Waals surface area contributed by atoms with Crippen LogP contribution in [-0.2, 0) is 0 Å². The summed E-state index contributed by atoms with van der Waals surface area (Å²) in [6.45, 7) is 0. The monoisotopic (exact) mass is 311 g/mol. The average molecular weight is 312 g/mol. The average Bonchev–Trinajstić information content (AvgIpc) is 2.40. The van der Waals surface area contributed by atoms with Crippen LogP contribution in [0.25, 0.3) is 0 Å². The summed E-state index contributed by atoms with van der Waals surface area (Å²) >= 11 is 11.4. The smallest absolute Gasteiger partial charge is 0.337 e. The van der Waals surface area contributed by atoms with Crippen molar-refractivity contribution in [3.63, 3.8) is 0 Å². The molecule has 0 radical (unpaired) electrons. The van der Waals surface area contributed by atoms with Crippen LogP contribution in [0.3, 0.4) is 0 Å². The molecule has 0 bridgehead atoms. The Balaban J connectivity index is 2.24. The number of aromatic carboxylic acids is 1. The van der Waals surface area contributed by atoms with Gasteiger partial charge in [0.2, 0.25) is 0 Å². The van der Waals surface area contributed by atoms with Crippen LogP contribution in [0.5, 0.6) is 0 Å². The third-order valence-corrected chi connectivity index (χ3v) is 2.80. The number of amides is 1. The van der Waals surface area contributed by atoms with E-state index in [1.165, 1.54) is 30.6 Å². The van der Waals surface area contributed by atoms with Crippen LogP contribution in [0.2, 0.25) is 10.2 Å². The molecule has 1 amide bonds. The molecular formula is C12H7Cl2N3O3. The molecule has 0 aliphatic rings. The Morgan fingerprint density at radius 1 is 1.20 bits per heavy atom. The summed E-state index contributed by atoms with van der Waals surface area (Å²) in [5.41, 5.74) is 0.185. The van der Waals surface area contributed by atoms with Crippen LogP contribution in [0.15, 0.2) is 30.6 Å². The highest BCUT2D eigenvalue weighted by molar-refractivity contribution is 6.33. The van der Waals surface area contributed by atoms with Gasteiger partial charge in [-0.15, -0.1) is 0 Å². The Bertz CT molecular complexity index is 691. The number of aromatic nitrogens is 2. The van der Waals surface area contributed by atoms with Gasteiger partial charge in [-0.05, 0) is 18.2 Å². The van der Waals surface area contributed by atoms with E-state index in [0.29, 0.717) is 0 Å². The fraction of sp³-hybridized carbons (Fsp3) is 0. The molecule has 8 heteroatoms. The van der Waals surface area contributed by atoms with E-state index in [1.54, 1.807) is 0 Å². The second-order valence-corrected chi connectivity index (χ2v) is 4.48. The Morgan fingerprint density at radius 2 is 1.95 bits per heavy atom. The lowest BCUT2D eigenvalue weighted by molar-refractivity contribution is 0.0696. The predicted octanol–water partition coefficient (Wildman–Crippen LogP) is 2.73. The van der Waals surface area contributed by atoms with Crippen molar-refractivity contribution in [1.82, 2.24) is 9.97 Å². The number of carboxylic acids is 1. The predicted molar refractivity (Wildman–Crippen MR) is 73.4 cm³/mol. The van der Waals surface area contributed by atoms with Crippen molar-refractivity contribution in [1.29, 1.82) is 0 Å². The number of nitrogens with one attached hydrogen (secondary N) is 1. The van der Waals surface area contributed by atoms with Crippen molar-refractivity contribution in [2.24, 2.45) is 0 Å². The fourth-order valence-electron chi connectivity index (χ4n) is 1.41. The van der Waals surface area contributed by atoms with E-state index in [4.69, 9.17) is 28.3 Å². The molecule has 2 N–H and O–H groups in total. The highest BCUT2D eigenvalue weighted by Crippen LogP contribution is 2.21. The maximum Gasteiger partial charge on any atom is 0.337 e. The summed E-state index contributed by atoms with van der Waals surface area (Å²) in [6.07, 6.45) is 2.54. The summed E-state index contributed by atoms with van der Waals surface area (Å²) in [4.78, 5) is 30.3. The minimum absolute atomic E-state index is 0.0179. The van der Waals surface area contributed by atoms with Crippen LogP contribution >= 0.6 is 23.2 Å². The number of carboxylic acid groups (broad SMARTS) is 1. The summed E-state index contributed by atoms with van der Waals surface area (Å²) in [6, 6.07) is 4.11. The molecule has 0 atom stereocenters. The molecular weight excluding hydrogens is 305 g/mol. The van der Waals surface area contributed by atoms with Crippen LogP contribution in [0, 0.1) is 0 Å². The van der Waals surface area contributed by atoms with Crippen molar-refractivity contribution >= 4 is 40.8 Å². The van der Waals surface area contributed by atoms with E-state index >= 15 is 0 Å². The molecule has 1 heterocycles. The van der Waals surface area contributed by atoms with Gasteiger partial charge in [-0.2, -0.15) is 0 Å². The Labute approximate surface area is 123 Å². The third-order valence-electron chi connectivity index (χ3n) is 2.29. The van der Waals surface area contributed by atoms with Gasteiger partial charge >= 0.3 is 5.97 Å². The molecule has 0 aliphatic carbocycles. The number of rotatable bonds is 3. The first kappa shape index (κ1) is 14.2. The minimum atomic E-state index is -1.19. The number of carbonyl (C=O) groups is 2. The SMILES string of the molecule is O=C(Nc1ccc(Cl)c(C(=O)O)c1)c1cncc(Cl)n1. The van der Waals surface area contributed by atoms with Crippen LogP contribution in [0.1, 0.15) is 20.8 Å². The van der Waals surface area contributed by atoms with Gasteiger partial charge in [-0.3, -0.25) is 9.78 Å². The van der Waals surface area contributed by atoms with Crippen LogP contribution in [0.4, 0.5) is 5.69 Å². The summed E-state index contributed by atoms with van der Waals surface area (Å²) in [5, 5.41) is 11.6. The lowest BCUT2D eigenvalue weighted by atomic mass is 10.2. The van der Waals surface area contributed by atoms with E-state index in [0.717, 1.165) is 0 Å². The number of hydrogen-bond donors (Lipinski definition) is 2. The second-order valence-electron chi connectivity index (χ2n) is 3.68. The topological polar surface area (TPSA) is 92.2 Å². The van der Waals surface area contributed by atoms with E-state index < -0.39 is 11.9 Å². The zero-order chi connectivity index (χ0) is 14.7. The summed E-state index contributed by atoms with van der Waals surface area (Å²) in [5.74, 6) is -1.74. The first-order valence-corrected chi connectivity index (χ1v) is 6.04. The molecule has 0 spiro atoms. The summed E-state index contributed by atoms with van der Waals surface area (Å²) < 4.78 is 0. The zero-order valence-corrected chi connectivity index (χ0v) is 11.3. The minimum Gasteiger partial charge on any atom is -0.478 e. The molecule has 0 saturated carbocycles. The van der Waals surface area contributed by atoms with E-state index in [1.807, 2.05) is 0 Å². The molecule has 102 valence electrons. The number of anilines is 1. The molecule has 2 aromatic rings. The number of hydrogen-bond acceptors (Lipinski definition) is 4. The van der Waals surface area contributed by atoms with Gasteiger partial charge in [0, 0.05) is 5.69 Å². The van der Waals surface area contributed by atoms with E-state index in [9.17, 15) is 9.59 Å². The second kappa shape index (κ2) is 5.85. The quantitative estimate of drug-likeness (QED) is 0.909. The molecule has 0 aliphatic heterocycles. The maximum atomic E-state index is 11.9. The van der Waals surface area contributed by atoms with Crippen molar-refractivity contribution in [3.05, 3.63) is 52.0 Å². The molecule has 0 fully saturated rings. The molecule has 0 unspecified atom stereocenters. The number of nitrogens with zero attached hydrogens (tertiary/aromatic N) is 2. The van der Waals surface area contributed by atoms with Gasteiger partial charge in [0.25, 0.3) is 5.91 Å². The van der Waals surface area contributed by atoms with Gasteiger partial charge in [0.1, 0.15) is 10.8 Å². The first-order chi connectivity index (χ1) is 9.47. The Kier molecular flexibility index (Phi) is 4.16. The standard InChI is InChI=1S/C12H7Cl2N3O3/c13-8-2-1-6(3-7(8)12(19)20)16-11(18)9-4-15-5-10(14)17-9/h1-5H,(H,16,18)(H,19,20). The van der Waals surface area contributed by atoms with E-state index in [-0.39, 0.29) is 27.1 Å². The normalized spacial score (nSPS) is 10.1. The number of benzene rings is 1. The van der Waals surface area contributed by atoms with Crippen molar-refractivity contribution < 1.29 is 14.7 Å². The van der Waals surface area contributed by atoms with Crippen LogP contribution in [-0.4, -0.2) is 27.0 Å². The molecule has 0 saturated heterocycles. The van der Waals surface area contributed by atoms with Gasteiger partial charge in [-0.25, -0.2) is 9.78 Å². The molecule has 6 nitrogen and oxygen atoms in total. The Morgan fingerprint density at radius 3 is 2.60 bits per heavy atom. The summed E-state index contributed by atoms with van der Waals surface area (Å²) in [7, 11) is 0.